The summed E-state index contributed by atoms with van der Waals surface area (Å²) in [5.74, 6) is 0.148. The molecule has 0 spiro atoms. The minimum absolute atomic E-state index is 0.148. The molecule has 3 aromatic rings. The fourth-order valence-electron chi connectivity index (χ4n) is 4.45. The largest absolute Gasteiger partial charge is 0.506 e. The first-order valence-electron chi connectivity index (χ1n) is 12.7. The number of fused-ring (bicyclic) bond motifs is 1. The second-order valence-corrected chi connectivity index (χ2v) is 9.07. The molecule has 0 aliphatic carbocycles. The number of aromatic nitrogens is 1. The summed E-state index contributed by atoms with van der Waals surface area (Å²) < 4.78 is 0. The quantitative estimate of drug-likeness (QED) is 0.258. The predicted octanol–water partition coefficient (Wildman–Crippen LogP) is 7.10. The van der Waals surface area contributed by atoms with Gasteiger partial charge in [-0.2, -0.15) is 0 Å². The number of benzene rings is 2. The van der Waals surface area contributed by atoms with Crippen molar-refractivity contribution in [3.8, 4) is 17.0 Å². The van der Waals surface area contributed by atoms with Crippen molar-refractivity contribution in [3.63, 3.8) is 0 Å². The summed E-state index contributed by atoms with van der Waals surface area (Å²) in [5, 5.41) is 22.7. The SMILES string of the molecule is CCCCCCN(CCCCCC)CC(O)c1cc(-c2ccccc2)nc2c(O)cccc12. The van der Waals surface area contributed by atoms with Crippen molar-refractivity contribution >= 4 is 10.9 Å². The number of hydrogen-bond donors (Lipinski definition) is 2. The molecule has 4 heteroatoms. The van der Waals surface area contributed by atoms with Crippen LogP contribution < -0.4 is 0 Å². The number of hydrogen-bond acceptors (Lipinski definition) is 4. The van der Waals surface area contributed by atoms with Gasteiger partial charge in [0, 0.05) is 17.5 Å². The third kappa shape index (κ3) is 7.28. The number of pyridine rings is 1. The van der Waals surface area contributed by atoms with Gasteiger partial charge < -0.3 is 15.1 Å². The number of aromatic hydroxyl groups is 1. The molecule has 0 fully saturated rings. The standard InChI is InChI=1S/C29H40N2O2/c1-3-5-7-12-19-31(20-13-8-6-4-2)22-28(33)25-21-26(23-15-10-9-11-16-23)30-29-24(25)17-14-18-27(29)32/h9-11,14-18,21,28,32-33H,3-8,12-13,19-20,22H2,1-2H3. The zero-order valence-electron chi connectivity index (χ0n) is 20.3. The summed E-state index contributed by atoms with van der Waals surface area (Å²) in [6.07, 6.45) is 9.16. The first kappa shape index (κ1) is 25.2. The van der Waals surface area contributed by atoms with Crippen molar-refractivity contribution in [1.29, 1.82) is 0 Å². The van der Waals surface area contributed by atoms with Gasteiger partial charge in [-0.05, 0) is 43.6 Å². The van der Waals surface area contributed by atoms with Crippen molar-refractivity contribution in [2.45, 2.75) is 71.3 Å². The van der Waals surface area contributed by atoms with Gasteiger partial charge in [-0.25, -0.2) is 4.98 Å². The van der Waals surface area contributed by atoms with E-state index in [1.165, 1.54) is 51.4 Å². The number of aliphatic hydroxyl groups is 1. The van der Waals surface area contributed by atoms with Crippen LogP contribution in [0.4, 0.5) is 0 Å². The number of phenolic OH excluding ortho intramolecular Hbond substituents is 1. The molecule has 2 aromatic carbocycles. The van der Waals surface area contributed by atoms with Gasteiger partial charge in [0.15, 0.2) is 0 Å². The van der Waals surface area contributed by atoms with E-state index in [0.717, 1.165) is 35.3 Å². The van der Waals surface area contributed by atoms with Gasteiger partial charge >= 0.3 is 0 Å². The number of unbranched alkanes of at least 4 members (excludes halogenated alkanes) is 6. The van der Waals surface area contributed by atoms with E-state index in [-0.39, 0.29) is 5.75 Å². The second kappa shape index (κ2) is 13.3. The Labute approximate surface area is 199 Å². The van der Waals surface area contributed by atoms with Gasteiger partial charge in [0.1, 0.15) is 11.3 Å². The average Bonchev–Trinajstić information content (AvgIpc) is 2.84. The first-order valence-corrected chi connectivity index (χ1v) is 12.7. The summed E-state index contributed by atoms with van der Waals surface area (Å²) in [6, 6.07) is 17.4. The normalized spacial score (nSPS) is 12.5. The lowest BCUT2D eigenvalue weighted by Gasteiger charge is -2.26. The van der Waals surface area contributed by atoms with E-state index in [1.54, 1.807) is 6.07 Å². The Kier molecular flexibility index (Phi) is 10.2. The Morgan fingerprint density at radius 1 is 0.818 bits per heavy atom. The molecule has 0 bridgehead atoms. The molecule has 0 saturated carbocycles. The van der Waals surface area contributed by atoms with E-state index in [1.807, 2.05) is 48.5 Å². The number of phenols is 1. The Bertz CT molecular complexity index is 962. The van der Waals surface area contributed by atoms with Crippen LogP contribution >= 0.6 is 0 Å². The summed E-state index contributed by atoms with van der Waals surface area (Å²) >= 11 is 0. The number of aliphatic hydroxyl groups excluding tert-OH is 1. The van der Waals surface area contributed by atoms with Crippen molar-refractivity contribution in [2.75, 3.05) is 19.6 Å². The van der Waals surface area contributed by atoms with E-state index in [0.29, 0.717) is 12.1 Å². The van der Waals surface area contributed by atoms with E-state index in [2.05, 4.69) is 18.7 Å². The lowest BCUT2D eigenvalue weighted by atomic mass is 9.99. The Morgan fingerprint density at radius 3 is 2.12 bits per heavy atom. The van der Waals surface area contributed by atoms with Crippen LogP contribution in [0.3, 0.4) is 0 Å². The summed E-state index contributed by atoms with van der Waals surface area (Å²) in [5.41, 5.74) is 3.13. The van der Waals surface area contributed by atoms with E-state index >= 15 is 0 Å². The molecule has 1 unspecified atom stereocenters. The van der Waals surface area contributed by atoms with E-state index in [9.17, 15) is 10.2 Å². The number of nitrogens with zero attached hydrogens (tertiary/aromatic N) is 2. The highest BCUT2D eigenvalue weighted by molar-refractivity contribution is 5.89. The van der Waals surface area contributed by atoms with Gasteiger partial charge in [0.05, 0.1) is 11.8 Å². The summed E-state index contributed by atoms with van der Waals surface area (Å²) in [7, 11) is 0. The molecule has 1 heterocycles. The Morgan fingerprint density at radius 2 is 1.48 bits per heavy atom. The number of rotatable bonds is 14. The smallest absolute Gasteiger partial charge is 0.141 e. The summed E-state index contributed by atoms with van der Waals surface area (Å²) in [4.78, 5) is 7.16. The lowest BCUT2D eigenvalue weighted by molar-refractivity contribution is 0.111. The molecule has 1 aromatic heterocycles. The molecule has 4 nitrogen and oxygen atoms in total. The van der Waals surface area contributed by atoms with Crippen LogP contribution in [0.5, 0.6) is 5.75 Å². The van der Waals surface area contributed by atoms with Crippen LogP contribution in [0.15, 0.2) is 54.6 Å². The van der Waals surface area contributed by atoms with Crippen LogP contribution in [0.25, 0.3) is 22.2 Å². The maximum absolute atomic E-state index is 11.4. The molecular formula is C29H40N2O2. The van der Waals surface area contributed by atoms with Gasteiger partial charge in [-0.3, -0.25) is 0 Å². The third-order valence-electron chi connectivity index (χ3n) is 6.37. The van der Waals surface area contributed by atoms with Crippen LogP contribution in [-0.2, 0) is 0 Å². The lowest BCUT2D eigenvalue weighted by Crippen LogP contribution is -2.31. The van der Waals surface area contributed by atoms with Gasteiger partial charge in [-0.1, -0.05) is 94.8 Å². The molecule has 0 aliphatic heterocycles. The first-order chi connectivity index (χ1) is 16.1. The highest BCUT2D eigenvalue weighted by Gasteiger charge is 2.19. The maximum Gasteiger partial charge on any atom is 0.141 e. The van der Waals surface area contributed by atoms with E-state index in [4.69, 9.17) is 4.98 Å². The van der Waals surface area contributed by atoms with Crippen molar-refractivity contribution in [1.82, 2.24) is 9.88 Å². The zero-order chi connectivity index (χ0) is 23.5. The molecule has 1 atom stereocenters. The van der Waals surface area contributed by atoms with Crippen LogP contribution in [-0.4, -0.2) is 39.7 Å². The molecular weight excluding hydrogens is 408 g/mol. The molecule has 0 amide bonds. The van der Waals surface area contributed by atoms with Gasteiger partial charge in [0.25, 0.3) is 0 Å². The molecule has 178 valence electrons. The van der Waals surface area contributed by atoms with Crippen molar-refractivity contribution in [3.05, 3.63) is 60.2 Å². The van der Waals surface area contributed by atoms with Crippen molar-refractivity contribution in [2.24, 2.45) is 0 Å². The molecule has 3 rings (SSSR count). The monoisotopic (exact) mass is 448 g/mol. The van der Waals surface area contributed by atoms with Crippen LogP contribution in [0, 0.1) is 0 Å². The maximum atomic E-state index is 11.4. The van der Waals surface area contributed by atoms with E-state index < -0.39 is 6.10 Å². The predicted molar refractivity (Wildman–Crippen MR) is 139 cm³/mol. The molecule has 33 heavy (non-hydrogen) atoms. The fraction of sp³-hybridized carbons (Fsp3) is 0.483. The van der Waals surface area contributed by atoms with Gasteiger partial charge in [0.2, 0.25) is 0 Å². The van der Waals surface area contributed by atoms with Gasteiger partial charge in [-0.15, -0.1) is 0 Å². The highest BCUT2D eigenvalue weighted by Crippen LogP contribution is 2.33. The molecule has 0 saturated heterocycles. The zero-order valence-corrected chi connectivity index (χ0v) is 20.3. The Hall–Kier alpha value is -2.43. The third-order valence-corrected chi connectivity index (χ3v) is 6.37. The number of para-hydroxylation sites is 1. The Balaban J connectivity index is 1.86. The topological polar surface area (TPSA) is 56.6 Å². The van der Waals surface area contributed by atoms with Crippen LogP contribution in [0.2, 0.25) is 0 Å². The minimum Gasteiger partial charge on any atom is -0.506 e. The van der Waals surface area contributed by atoms with Crippen LogP contribution in [0.1, 0.15) is 76.9 Å². The molecule has 0 aliphatic rings. The fourth-order valence-corrected chi connectivity index (χ4v) is 4.45. The summed E-state index contributed by atoms with van der Waals surface area (Å²) in [6.45, 7) is 7.11. The highest BCUT2D eigenvalue weighted by atomic mass is 16.3. The molecule has 2 N–H and O–H groups in total. The van der Waals surface area contributed by atoms with Crippen molar-refractivity contribution < 1.29 is 10.2 Å². The molecule has 0 radical (unpaired) electrons. The average molecular weight is 449 g/mol. The second-order valence-electron chi connectivity index (χ2n) is 9.07. The minimum atomic E-state index is -0.642.